The Morgan fingerprint density at radius 1 is 0.846 bits per heavy atom. The predicted octanol–water partition coefficient (Wildman–Crippen LogP) is 2.50. The van der Waals surface area contributed by atoms with Crippen LogP contribution in [0.2, 0.25) is 0 Å². The molecule has 4 rings (SSSR count). The Kier molecular flexibility index (Phi) is 10.9. The molecule has 4 aromatic carbocycles. The topological polar surface area (TPSA) is 40.1 Å². The van der Waals surface area contributed by atoms with E-state index in [0.29, 0.717) is 19.3 Å². The van der Waals surface area contributed by atoms with Gasteiger partial charge in [-0.3, -0.25) is 0 Å². The van der Waals surface area contributed by atoms with Gasteiger partial charge in [0.05, 0.1) is 0 Å². The van der Waals surface area contributed by atoms with Crippen LogP contribution >= 0.6 is 20.3 Å². The van der Waals surface area contributed by atoms with Crippen LogP contribution in [0, 0.1) is 0 Å². The number of hydrogen-bond acceptors (Lipinski definition) is 2. The predicted molar refractivity (Wildman–Crippen MR) is 102 cm³/mol. The summed E-state index contributed by atoms with van der Waals surface area (Å²) in [5.74, 6) is -0.961. The molecule has 0 aliphatic rings. The molecule has 0 aromatic heterocycles. The van der Waals surface area contributed by atoms with E-state index in [1.165, 1.54) is 32.3 Å². The number of carbonyl (C=O) groups is 1. The quantitative estimate of drug-likeness (QED) is 0.354. The van der Waals surface area contributed by atoms with Crippen molar-refractivity contribution in [1.29, 1.82) is 0 Å². The summed E-state index contributed by atoms with van der Waals surface area (Å²) in [4.78, 5) is 9.49. The zero-order valence-electron chi connectivity index (χ0n) is 14.6. The van der Waals surface area contributed by atoms with E-state index in [2.05, 4.69) is 60.7 Å². The minimum atomic E-state index is -0.961. The van der Waals surface area contributed by atoms with Gasteiger partial charge in [-0.25, -0.2) is 0 Å². The van der Waals surface area contributed by atoms with Crippen molar-refractivity contribution in [3.63, 3.8) is 0 Å². The number of carbonyl (C=O) groups excluding carboxylic acids is 1. The molecule has 0 radical (unpaired) electrons. The summed E-state index contributed by atoms with van der Waals surface area (Å²) >= 11 is 0.382. The maximum atomic E-state index is 9.49. The summed E-state index contributed by atoms with van der Waals surface area (Å²) in [6.07, 6.45) is 0.850. The van der Waals surface area contributed by atoms with Crippen molar-refractivity contribution >= 4 is 58.6 Å². The van der Waals surface area contributed by atoms with Crippen LogP contribution in [0.3, 0.4) is 0 Å². The number of hydrogen-bond donors (Lipinski definition) is 0. The Labute approximate surface area is 190 Å². The molecule has 0 bridgehead atoms. The van der Waals surface area contributed by atoms with Crippen molar-refractivity contribution in [1.82, 2.24) is 0 Å². The molecule has 133 valence electrons. The zero-order valence-corrected chi connectivity index (χ0v) is 19.1. The van der Waals surface area contributed by atoms with Gasteiger partial charge >= 0.3 is 62.7 Å². The molecule has 0 unspecified atom stereocenters. The number of halogens is 2. The Bertz CT molecular complexity index is 832. The normalized spacial score (nSPS) is 9.96. The molecule has 2 nitrogen and oxygen atoms in total. The molecule has 4 aromatic rings. The molecular formula is C20H17Cl2CoNaO2. The van der Waals surface area contributed by atoms with Gasteiger partial charge in [-0.05, 0) is 38.7 Å². The van der Waals surface area contributed by atoms with Crippen LogP contribution in [0.1, 0.15) is 19.8 Å². The second-order valence-electron chi connectivity index (χ2n) is 5.46. The number of rotatable bonds is 2. The second kappa shape index (κ2) is 12.0. The summed E-state index contributed by atoms with van der Waals surface area (Å²) in [5.41, 5.74) is 0. The Morgan fingerprint density at radius 3 is 1.35 bits per heavy atom. The summed E-state index contributed by atoms with van der Waals surface area (Å²) in [6.45, 7) is 1.80. The molecule has 0 saturated carbocycles. The average Bonchev–Trinajstić information content (AvgIpc) is 2.61. The number of benzene rings is 4. The Morgan fingerprint density at radius 2 is 1.15 bits per heavy atom. The maximum Gasteiger partial charge on any atom is 1.00 e. The van der Waals surface area contributed by atoms with Gasteiger partial charge in [-0.1, -0.05) is 74.0 Å². The average molecular weight is 442 g/mol. The van der Waals surface area contributed by atoms with Crippen LogP contribution in [-0.4, -0.2) is 5.97 Å². The summed E-state index contributed by atoms with van der Waals surface area (Å²) < 4.78 is 0. The Balaban J connectivity index is 0.000000291. The van der Waals surface area contributed by atoms with Gasteiger partial charge in [0.1, 0.15) is 0 Å². The van der Waals surface area contributed by atoms with E-state index < -0.39 is 5.97 Å². The van der Waals surface area contributed by atoms with Crippen molar-refractivity contribution < 1.29 is 52.4 Å². The van der Waals surface area contributed by atoms with Crippen LogP contribution < -0.4 is 34.7 Å². The summed E-state index contributed by atoms with van der Waals surface area (Å²) in [7, 11) is 9.47. The number of carboxylic acids is 1. The van der Waals surface area contributed by atoms with E-state index in [9.17, 15) is 9.90 Å². The molecule has 0 spiro atoms. The SMILES string of the molecule is CCCC(=O)[O-].[Cl][Co][Cl].[Na+].c1cc2ccc3cccc4ccc(c1)c2c34. The maximum absolute atomic E-state index is 9.49. The molecule has 6 heteroatoms. The third-order valence-corrected chi connectivity index (χ3v) is 3.85. The summed E-state index contributed by atoms with van der Waals surface area (Å²) in [6, 6.07) is 21.9. The first-order valence-corrected chi connectivity index (χ1v) is 10.6. The smallest absolute Gasteiger partial charge is 0.0610 e. The minimum Gasteiger partial charge on any atom is -0.0610 e. The first-order valence-electron chi connectivity index (χ1n) is 7.78. The van der Waals surface area contributed by atoms with Crippen LogP contribution in [0.5, 0.6) is 0 Å². The Hall–Kier alpha value is -0.524. The fourth-order valence-electron chi connectivity index (χ4n) is 2.87. The van der Waals surface area contributed by atoms with Gasteiger partial charge in [0.15, 0.2) is 0 Å². The van der Waals surface area contributed by atoms with Crippen LogP contribution in [0.15, 0.2) is 60.7 Å². The van der Waals surface area contributed by atoms with Crippen molar-refractivity contribution in [3.8, 4) is 0 Å². The molecule has 0 amide bonds. The molecule has 0 fully saturated rings. The monoisotopic (exact) mass is 441 g/mol. The van der Waals surface area contributed by atoms with Crippen molar-refractivity contribution in [3.05, 3.63) is 60.7 Å². The number of carboxylic acid groups (broad SMARTS) is 1. The molecule has 0 heterocycles. The van der Waals surface area contributed by atoms with Gasteiger partial charge in [0, 0.05) is 5.97 Å². The van der Waals surface area contributed by atoms with E-state index >= 15 is 0 Å². The van der Waals surface area contributed by atoms with Crippen LogP contribution in [0.25, 0.3) is 32.3 Å². The van der Waals surface area contributed by atoms with Crippen LogP contribution in [0.4, 0.5) is 0 Å². The van der Waals surface area contributed by atoms with Gasteiger partial charge in [0.25, 0.3) is 0 Å². The van der Waals surface area contributed by atoms with Gasteiger partial charge in [-0.15, -0.1) is 0 Å². The third-order valence-electron chi connectivity index (χ3n) is 3.85. The first kappa shape index (κ1) is 23.5. The van der Waals surface area contributed by atoms with E-state index in [0.717, 1.165) is 0 Å². The minimum absolute atomic E-state index is 0. The van der Waals surface area contributed by atoms with E-state index in [1.807, 2.05) is 0 Å². The van der Waals surface area contributed by atoms with Crippen LogP contribution in [-0.2, 0) is 17.7 Å². The van der Waals surface area contributed by atoms with Crippen molar-refractivity contribution in [2.45, 2.75) is 19.8 Å². The molecule has 0 aliphatic carbocycles. The molecule has 0 saturated heterocycles. The zero-order chi connectivity index (χ0) is 18.2. The van der Waals surface area contributed by atoms with Crippen molar-refractivity contribution in [2.75, 3.05) is 0 Å². The second-order valence-corrected chi connectivity index (χ2v) is 7.18. The fourth-order valence-corrected chi connectivity index (χ4v) is 2.87. The molecular weight excluding hydrogens is 425 g/mol. The van der Waals surface area contributed by atoms with Crippen molar-refractivity contribution in [2.24, 2.45) is 0 Å². The number of aliphatic carboxylic acids is 1. The van der Waals surface area contributed by atoms with Gasteiger partial charge in [0.2, 0.25) is 0 Å². The molecule has 26 heavy (non-hydrogen) atoms. The molecule has 0 aliphatic heterocycles. The first-order chi connectivity index (χ1) is 12.1. The van der Waals surface area contributed by atoms with E-state index in [-0.39, 0.29) is 36.0 Å². The van der Waals surface area contributed by atoms with Gasteiger partial charge < -0.3 is 9.90 Å². The largest absolute Gasteiger partial charge is 1.00 e. The third kappa shape index (κ3) is 6.00. The summed E-state index contributed by atoms with van der Waals surface area (Å²) in [5, 5.41) is 17.6. The molecule has 0 N–H and O–H groups in total. The fraction of sp³-hybridized carbons (Fsp3) is 0.150. The molecule has 0 atom stereocenters. The van der Waals surface area contributed by atoms with E-state index in [1.54, 1.807) is 6.92 Å². The van der Waals surface area contributed by atoms with Gasteiger partial charge in [-0.2, -0.15) is 0 Å². The van der Waals surface area contributed by atoms with E-state index in [4.69, 9.17) is 20.3 Å². The standard InChI is InChI=1S/C16H10.C4H8O2.2ClH.Co.Na/c1-3-11-7-9-13-5-2-6-14-10-8-12(4-1)15(11)16(13)14;1-2-3-4(5)6;;;;/h1-10H;2-3H2,1H3,(H,5,6);2*1H;;/q;;;;+2;+1/p-3.